The van der Waals surface area contributed by atoms with Crippen molar-refractivity contribution in [3.8, 4) is 34.5 Å². The molecule has 0 aliphatic carbocycles. The van der Waals surface area contributed by atoms with Crippen LogP contribution in [0.3, 0.4) is 0 Å². The van der Waals surface area contributed by atoms with Gasteiger partial charge in [0.2, 0.25) is 7.85 Å². The first-order valence-electron chi connectivity index (χ1n) is 8.76. The van der Waals surface area contributed by atoms with Crippen molar-refractivity contribution in [1.82, 2.24) is 0 Å². The lowest BCUT2D eigenvalue weighted by Gasteiger charge is -2.22. The zero-order chi connectivity index (χ0) is 25.2. The Labute approximate surface area is 188 Å². The van der Waals surface area contributed by atoms with Gasteiger partial charge in [0.25, 0.3) is 11.1 Å². The Bertz CT molecular complexity index is 1030. The van der Waals surface area contributed by atoms with Crippen LogP contribution in [0.5, 0.6) is 34.5 Å². The van der Waals surface area contributed by atoms with E-state index in [4.69, 9.17) is 24.2 Å². The lowest BCUT2D eigenvalue weighted by molar-refractivity contribution is -0.286. The standard InChI is InChI=1S/C16H7BClF5O8.C2H6/c17-14(25,26)29-10-5-6(28-15(19,20)21)1-2-7(10)27-8-3-4-9-12(11(8)13(18)24)31-16(22,23)30-9;1-2/h1-5,25-26H;1-2H3. The number of fused-ring (bicyclic) bond motifs is 1. The summed E-state index contributed by atoms with van der Waals surface area (Å²) in [6.45, 7) is 4.00. The lowest BCUT2D eigenvalue weighted by atomic mass is 10.1. The second kappa shape index (κ2) is 9.49. The van der Waals surface area contributed by atoms with Gasteiger partial charge < -0.3 is 33.9 Å². The number of carbonyl (C=O) groups is 1. The minimum absolute atomic E-state index is 0.520. The molecule has 0 amide bonds. The van der Waals surface area contributed by atoms with E-state index in [9.17, 15) is 37.0 Å². The van der Waals surface area contributed by atoms with Gasteiger partial charge in [0.15, 0.2) is 23.0 Å². The van der Waals surface area contributed by atoms with Crippen molar-refractivity contribution in [3.63, 3.8) is 0 Å². The van der Waals surface area contributed by atoms with Crippen LogP contribution < -0.4 is 23.7 Å². The Kier molecular flexibility index (Phi) is 7.56. The number of rotatable bonds is 6. The average molecular weight is 499 g/mol. The van der Waals surface area contributed by atoms with E-state index in [0.29, 0.717) is 6.07 Å². The summed E-state index contributed by atoms with van der Waals surface area (Å²) in [5.74, 6) is -7.40. The highest BCUT2D eigenvalue weighted by Crippen LogP contribution is 2.48. The molecule has 2 aromatic carbocycles. The van der Waals surface area contributed by atoms with Crippen molar-refractivity contribution >= 4 is 24.7 Å². The summed E-state index contributed by atoms with van der Waals surface area (Å²) in [6, 6.07) is 3.97. The number of hydrogen-bond acceptors (Lipinski definition) is 8. The second-order valence-electron chi connectivity index (χ2n) is 5.73. The molecule has 2 aromatic rings. The molecule has 178 valence electrons. The number of ether oxygens (including phenoxy) is 5. The van der Waals surface area contributed by atoms with Crippen molar-refractivity contribution < 1.29 is 60.6 Å². The first-order valence-corrected chi connectivity index (χ1v) is 9.14. The Balaban J connectivity index is 0.00000187. The van der Waals surface area contributed by atoms with E-state index in [1.165, 1.54) is 0 Å². The third-order valence-corrected chi connectivity index (χ3v) is 3.55. The molecule has 3 rings (SSSR count). The molecule has 33 heavy (non-hydrogen) atoms. The molecular formula is C18H13BClF5O8. The van der Waals surface area contributed by atoms with Gasteiger partial charge in [-0.05, 0) is 35.9 Å². The van der Waals surface area contributed by atoms with Crippen molar-refractivity contribution in [2.24, 2.45) is 0 Å². The van der Waals surface area contributed by atoms with Crippen LogP contribution in [-0.2, 0) is 0 Å². The summed E-state index contributed by atoms with van der Waals surface area (Å²) >= 11 is 5.42. The van der Waals surface area contributed by atoms with Crippen LogP contribution in [0.1, 0.15) is 24.2 Å². The molecule has 0 fully saturated rings. The molecule has 0 bridgehead atoms. The summed E-state index contributed by atoms with van der Waals surface area (Å²) in [4.78, 5) is 11.8. The maximum atomic E-state index is 13.3. The molecule has 0 saturated carbocycles. The molecule has 1 aliphatic heterocycles. The number of aliphatic hydroxyl groups is 2. The minimum Gasteiger partial charge on any atom is -0.452 e. The van der Waals surface area contributed by atoms with E-state index < -0.39 is 63.8 Å². The second-order valence-corrected chi connectivity index (χ2v) is 6.07. The Morgan fingerprint density at radius 3 is 2.18 bits per heavy atom. The van der Waals surface area contributed by atoms with Crippen LogP contribution in [0.15, 0.2) is 30.3 Å². The summed E-state index contributed by atoms with van der Waals surface area (Å²) in [7, 11) is 4.86. The lowest BCUT2D eigenvalue weighted by Crippen LogP contribution is -2.35. The maximum absolute atomic E-state index is 13.3. The van der Waals surface area contributed by atoms with E-state index in [0.717, 1.165) is 24.3 Å². The molecule has 1 heterocycles. The zero-order valence-corrected chi connectivity index (χ0v) is 17.3. The van der Waals surface area contributed by atoms with Crippen LogP contribution in [0, 0.1) is 0 Å². The summed E-state index contributed by atoms with van der Waals surface area (Å²) < 4.78 is 85.9. The fraction of sp³-hybridized carbons (Fsp3) is 0.278. The minimum atomic E-state index is -5.10. The van der Waals surface area contributed by atoms with Gasteiger partial charge in [0, 0.05) is 6.07 Å². The molecule has 0 unspecified atom stereocenters. The quantitative estimate of drug-likeness (QED) is 0.264. The van der Waals surface area contributed by atoms with E-state index in [2.05, 4.69) is 18.9 Å². The summed E-state index contributed by atoms with van der Waals surface area (Å²) in [5.41, 5.74) is -0.718. The van der Waals surface area contributed by atoms with E-state index in [1.807, 2.05) is 13.8 Å². The molecule has 0 aromatic heterocycles. The molecule has 8 nitrogen and oxygen atoms in total. The first kappa shape index (κ1) is 26.3. The predicted molar refractivity (Wildman–Crippen MR) is 101 cm³/mol. The third kappa shape index (κ3) is 7.01. The SMILES string of the molecule is CC.[B]C(O)(O)Oc1cc(OC(F)(F)F)ccc1Oc1ccc2c(c1C(=O)Cl)OC(F)(F)O2. The first-order chi connectivity index (χ1) is 15.1. The normalized spacial score (nSPS) is 14.1. The van der Waals surface area contributed by atoms with Gasteiger partial charge in [0.1, 0.15) is 17.1 Å². The van der Waals surface area contributed by atoms with Crippen molar-refractivity contribution in [2.45, 2.75) is 32.4 Å². The molecule has 0 spiro atoms. The number of carbonyl (C=O) groups excluding carboxylic acids is 1. The van der Waals surface area contributed by atoms with Crippen molar-refractivity contribution in [3.05, 3.63) is 35.9 Å². The molecule has 1 aliphatic rings. The van der Waals surface area contributed by atoms with Crippen LogP contribution in [0.25, 0.3) is 0 Å². The number of alkyl halides is 5. The Morgan fingerprint density at radius 1 is 1.03 bits per heavy atom. The number of halogens is 6. The van der Waals surface area contributed by atoms with Gasteiger partial charge in [-0.15, -0.1) is 22.0 Å². The van der Waals surface area contributed by atoms with Gasteiger partial charge in [-0.1, -0.05) is 13.8 Å². The number of benzene rings is 2. The summed E-state index contributed by atoms with van der Waals surface area (Å²) in [6.07, 6.45) is -9.20. The molecule has 0 saturated heterocycles. The van der Waals surface area contributed by atoms with Gasteiger partial charge in [0.05, 0.1) is 0 Å². The highest BCUT2D eigenvalue weighted by atomic mass is 35.5. The molecule has 2 N–H and O–H groups in total. The largest absolute Gasteiger partial charge is 0.586 e. The molecular weight excluding hydrogens is 485 g/mol. The fourth-order valence-electron chi connectivity index (χ4n) is 2.40. The van der Waals surface area contributed by atoms with Gasteiger partial charge >= 0.3 is 12.7 Å². The molecule has 15 heteroatoms. The maximum Gasteiger partial charge on any atom is 0.586 e. The van der Waals surface area contributed by atoms with Crippen molar-refractivity contribution in [2.75, 3.05) is 0 Å². The average Bonchev–Trinajstić information content (AvgIpc) is 2.96. The zero-order valence-electron chi connectivity index (χ0n) is 16.6. The van der Waals surface area contributed by atoms with E-state index in [-0.39, 0.29) is 0 Å². The summed E-state index contributed by atoms with van der Waals surface area (Å²) in [5, 5.41) is 17.1. The number of hydrogen-bond donors (Lipinski definition) is 2. The highest BCUT2D eigenvalue weighted by molar-refractivity contribution is 6.68. The highest BCUT2D eigenvalue weighted by Gasteiger charge is 2.46. The van der Waals surface area contributed by atoms with Crippen LogP contribution in [0.2, 0.25) is 0 Å². The van der Waals surface area contributed by atoms with Gasteiger partial charge in [-0.3, -0.25) is 4.79 Å². The smallest absolute Gasteiger partial charge is 0.452 e. The topological polar surface area (TPSA) is 104 Å². The van der Waals surface area contributed by atoms with E-state index >= 15 is 0 Å². The third-order valence-electron chi connectivity index (χ3n) is 3.36. The van der Waals surface area contributed by atoms with Gasteiger partial charge in [-0.2, -0.15) is 0 Å². The van der Waals surface area contributed by atoms with E-state index in [1.54, 1.807) is 0 Å². The van der Waals surface area contributed by atoms with Gasteiger partial charge in [-0.25, -0.2) is 0 Å². The van der Waals surface area contributed by atoms with Crippen LogP contribution in [0.4, 0.5) is 22.0 Å². The predicted octanol–water partition coefficient (Wildman–Crippen LogP) is 4.25. The monoisotopic (exact) mass is 498 g/mol. The molecule has 2 radical (unpaired) electrons. The Hall–Kier alpha value is -2.97. The fourth-order valence-corrected chi connectivity index (χ4v) is 2.57. The molecule has 0 atom stereocenters. The van der Waals surface area contributed by atoms with Crippen molar-refractivity contribution in [1.29, 1.82) is 0 Å². The van der Waals surface area contributed by atoms with Crippen LogP contribution >= 0.6 is 11.6 Å². The Morgan fingerprint density at radius 2 is 1.64 bits per heavy atom. The van der Waals surface area contributed by atoms with Crippen LogP contribution in [-0.4, -0.2) is 41.8 Å².